The third-order valence-electron chi connectivity index (χ3n) is 4.12. The fourth-order valence-electron chi connectivity index (χ4n) is 2.96. The summed E-state index contributed by atoms with van der Waals surface area (Å²) in [6.07, 6.45) is 8.88. The van der Waals surface area contributed by atoms with Gasteiger partial charge >= 0.3 is 0 Å². The number of nitrogens with zero attached hydrogens (tertiary/aromatic N) is 2. The Balaban J connectivity index is 1.86. The number of carbonyl (C=O) groups excluding carboxylic acids is 2. The molecule has 0 saturated carbocycles. The van der Waals surface area contributed by atoms with Gasteiger partial charge in [0.25, 0.3) is 0 Å². The first-order valence-electron chi connectivity index (χ1n) is 7.28. The Kier molecular flexibility index (Phi) is 5.17. The van der Waals surface area contributed by atoms with Crippen molar-refractivity contribution in [1.29, 1.82) is 0 Å². The van der Waals surface area contributed by atoms with Gasteiger partial charge in [-0.05, 0) is 32.2 Å². The van der Waals surface area contributed by atoms with E-state index < -0.39 is 0 Å². The summed E-state index contributed by atoms with van der Waals surface area (Å²) in [6.45, 7) is 3.13. The van der Waals surface area contributed by atoms with E-state index in [1.54, 1.807) is 0 Å². The second-order valence-corrected chi connectivity index (χ2v) is 5.46. The van der Waals surface area contributed by atoms with Gasteiger partial charge in [-0.15, -0.1) is 0 Å². The zero-order chi connectivity index (χ0) is 12.8. The molecule has 4 heteroatoms. The molecule has 0 radical (unpaired) electrons. The van der Waals surface area contributed by atoms with E-state index in [1.165, 1.54) is 12.8 Å². The number of hydrogen-bond donors (Lipinski definition) is 0. The van der Waals surface area contributed by atoms with Crippen LogP contribution in [0, 0.1) is 0 Å². The van der Waals surface area contributed by atoms with E-state index in [2.05, 4.69) is 4.90 Å². The highest BCUT2D eigenvalue weighted by atomic mass is 16.2. The van der Waals surface area contributed by atoms with E-state index in [9.17, 15) is 9.59 Å². The average Bonchev–Trinajstić information content (AvgIpc) is 2.68. The number of amides is 1. The van der Waals surface area contributed by atoms with Crippen LogP contribution < -0.4 is 0 Å². The Labute approximate surface area is 109 Å². The van der Waals surface area contributed by atoms with Gasteiger partial charge < -0.3 is 9.69 Å². The van der Waals surface area contributed by atoms with E-state index in [1.807, 2.05) is 4.90 Å². The third kappa shape index (κ3) is 3.55. The van der Waals surface area contributed by atoms with Crippen molar-refractivity contribution in [3.8, 4) is 0 Å². The zero-order valence-electron chi connectivity index (χ0n) is 11.1. The van der Waals surface area contributed by atoms with E-state index in [0.717, 1.165) is 58.0 Å². The van der Waals surface area contributed by atoms with Crippen LogP contribution >= 0.6 is 0 Å². The molecule has 1 amide bonds. The van der Waals surface area contributed by atoms with Crippen LogP contribution in [0.5, 0.6) is 0 Å². The predicted octanol–water partition coefficient (Wildman–Crippen LogP) is 1.44. The maximum atomic E-state index is 12.2. The quantitative estimate of drug-likeness (QED) is 0.714. The lowest BCUT2D eigenvalue weighted by molar-refractivity contribution is -0.133. The summed E-state index contributed by atoms with van der Waals surface area (Å²) in [5.74, 6) is 0.214. The second kappa shape index (κ2) is 6.88. The van der Waals surface area contributed by atoms with Crippen LogP contribution in [0.4, 0.5) is 0 Å². The molecule has 0 aliphatic carbocycles. The van der Waals surface area contributed by atoms with Crippen LogP contribution in [-0.2, 0) is 9.59 Å². The number of aldehydes is 1. The first-order valence-corrected chi connectivity index (χ1v) is 7.28. The van der Waals surface area contributed by atoms with Crippen molar-refractivity contribution in [1.82, 2.24) is 9.80 Å². The minimum Gasteiger partial charge on any atom is -0.342 e. The molecule has 0 spiro atoms. The number of piperidine rings is 1. The van der Waals surface area contributed by atoms with Gasteiger partial charge in [-0.25, -0.2) is 0 Å². The summed E-state index contributed by atoms with van der Waals surface area (Å²) in [6, 6.07) is -0.0327. The molecule has 0 aromatic heterocycles. The summed E-state index contributed by atoms with van der Waals surface area (Å²) in [5.41, 5.74) is 0. The minimum absolute atomic E-state index is 0.0327. The Bertz CT molecular complexity index is 286. The van der Waals surface area contributed by atoms with Crippen molar-refractivity contribution < 1.29 is 9.59 Å². The SMILES string of the molecule is O=CC1CCCCN1CC(=O)N1CCCCCC1. The summed E-state index contributed by atoms with van der Waals surface area (Å²) >= 11 is 0. The first kappa shape index (κ1) is 13.5. The van der Waals surface area contributed by atoms with E-state index in [-0.39, 0.29) is 11.9 Å². The van der Waals surface area contributed by atoms with Crippen molar-refractivity contribution in [2.24, 2.45) is 0 Å². The van der Waals surface area contributed by atoms with Crippen LogP contribution in [0.15, 0.2) is 0 Å². The molecule has 1 unspecified atom stereocenters. The summed E-state index contributed by atoms with van der Waals surface area (Å²) in [4.78, 5) is 27.3. The molecule has 102 valence electrons. The highest BCUT2D eigenvalue weighted by Gasteiger charge is 2.25. The molecule has 2 saturated heterocycles. The van der Waals surface area contributed by atoms with Crippen LogP contribution in [0.2, 0.25) is 0 Å². The van der Waals surface area contributed by atoms with Crippen LogP contribution in [0.25, 0.3) is 0 Å². The number of rotatable bonds is 3. The van der Waals surface area contributed by atoms with Crippen molar-refractivity contribution >= 4 is 12.2 Å². The fraction of sp³-hybridized carbons (Fsp3) is 0.857. The summed E-state index contributed by atoms with van der Waals surface area (Å²) in [5, 5.41) is 0. The van der Waals surface area contributed by atoms with Gasteiger partial charge in [-0.1, -0.05) is 19.3 Å². The van der Waals surface area contributed by atoms with E-state index in [4.69, 9.17) is 0 Å². The fourth-order valence-corrected chi connectivity index (χ4v) is 2.96. The molecule has 0 aromatic carbocycles. The van der Waals surface area contributed by atoms with Crippen molar-refractivity contribution in [2.45, 2.75) is 51.0 Å². The molecule has 2 aliphatic rings. The van der Waals surface area contributed by atoms with Crippen LogP contribution in [0.3, 0.4) is 0 Å². The van der Waals surface area contributed by atoms with Gasteiger partial charge in [0.15, 0.2) is 0 Å². The van der Waals surface area contributed by atoms with Crippen molar-refractivity contribution in [3.63, 3.8) is 0 Å². The summed E-state index contributed by atoms with van der Waals surface area (Å²) < 4.78 is 0. The lowest BCUT2D eigenvalue weighted by atomic mass is 10.0. The van der Waals surface area contributed by atoms with E-state index in [0.29, 0.717) is 6.54 Å². The topological polar surface area (TPSA) is 40.6 Å². The highest BCUT2D eigenvalue weighted by Crippen LogP contribution is 2.16. The van der Waals surface area contributed by atoms with Gasteiger partial charge in [0.2, 0.25) is 5.91 Å². The zero-order valence-corrected chi connectivity index (χ0v) is 11.1. The first-order chi connectivity index (χ1) is 8.81. The highest BCUT2D eigenvalue weighted by molar-refractivity contribution is 5.78. The second-order valence-electron chi connectivity index (χ2n) is 5.46. The van der Waals surface area contributed by atoms with Gasteiger partial charge in [0, 0.05) is 13.1 Å². The molecule has 1 atom stereocenters. The maximum absolute atomic E-state index is 12.2. The molecule has 2 fully saturated rings. The van der Waals surface area contributed by atoms with Gasteiger partial charge in [0.1, 0.15) is 6.29 Å². The average molecular weight is 252 g/mol. The number of likely N-dealkylation sites (tertiary alicyclic amines) is 2. The molecule has 2 heterocycles. The number of hydrogen-bond acceptors (Lipinski definition) is 3. The van der Waals surface area contributed by atoms with E-state index >= 15 is 0 Å². The molecule has 0 aromatic rings. The molecule has 2 rings (SSSR count). The lowest BCUT2D eigenvalue weighted by Crippen LogP contribution is -2.47. The summed E-state index contributed by atoms with van der Waals surface area (Å²) in [7, 11) is 0. The van der Waals surface area contributed by atoms with Crippen molar-refractivity contribution in [2.75, 3.05) is 26.2 Å². The Morgan fingerprint density at radius 3 is 2.33 bits per heavy atom. The minimum atomic E-state index is -0.0327. The predicted molar refractivity (Wildman–Crippen MR) is 70.3 cm³/mol. The molecule has 4 nitrogen and oxygen atoms in total. The Morgan fingerprint density at radius 2 is 1.67 bits per heavy atom. The number of carbonyl (C=O) groups is 2. The normalized spacial score (nSPS) is 26.7. The standard InChI is InChI=1S/C14H24N2O2/c17-12-13-7-3-6-10-16(13)11-14(18)15-8-4-1-2-5-9-15/h12-13H,1-11H2. The van der Waals surface area contributed by atoms with Crippen LogP contribution in [-0.4, -0.2) is 54.2 Å². The van der Waals surface area contributed by atoms with Crippen molar-refractivity contribution in [3.05, 3.63) is 0 Å². The van der Waals surface area contributed by atoms with Gasteiger partial charge in [-0.3, -0.25) is 9.69 Å². The van der Waals surface area contributed by atoms with Crippen LogP contribution in [0.1, 0.15) is 44.9 Å². The molecule has 0 bridgehead atoms. The van der Waals surface area contributed by atoms with Gasteiger partial charge in [-0.2, -0.15) is 0 Å². The Hall–Kier alpha value is -0.900. The maximum Gasteiger partial charge on any atom is 0.236 e. The molecule has 18 heavy (non-hydrogen) atoms. The largest absolute Gasteiger partial charge is 0.342 e. The molecule has 2 aliphatic heterocycles. The Morgan fingerprint density at radius 1 is 1.00 bits per heavy atom. The van der Waals surface area contributed by atoms with Gasteiger partial charge in [0.05, 0.1) is 12.6 Å². The molecular weight excluding hydrogens is 228 g/mol. The molecule has 0 N–H and O–H groups in total. The monoisotopic (exact) mass is 252 g/mol. The smallest absolute Gasteiger partial charge is 0.236 e. The third-order valence-corrected chi connectivity index (χ3v) is 4.12. The molecular formula is C14H24N2O2. The lowest BCUT2D eigenvalue weighted by Gasteiger charge is -2.33.